The highest BCUT2D eigenvalue weighted by atomic mass is 16.5. The summed E-state index contributed by atoms with van der Waals surface area (Å²) in [5, 5.41) is 0. The molecule has 1 aromatic heterocycles. The lowest BCUT2D eigenvalue weighted by atomic mass is 9.92. The average Bonchev–Trinajstić information content (AvgIpc) is 2.44. The minimum atomic E-state index is 0.244. The van der Waals surface area contributed by atoms with E-state index in [1.807, 2.05) is 0 Å². The molecule has 5 nitrogen and oxygen atoms in total. The molecule has 5 heteroatoms. The van der Waals surface area contributed by atoms with Gasteiger partial charge in [-0.15, -0.1) is 0 Å². The number of rotatable bonds is 9. The van der Waals surface area contributed by atoms with Gasteiger partial charge in [0.05, 0.1) is 18.5 Å². The third kappa shape index (κ3) is 5.21. The van der Waals surface area contributed by atoms with Crippen LogP contribution in [0.5, 0.6) is 5.75 Å². The number of hydrogen-bond donors (Lipinski definition) is 0. The third-order valence-electron chi connectivity index (χ3n) is 4.16. The van der Waals surface area contributed by atoms with E-state index in [9.17, 15) is 0 Å². The second-order valence-electron chi connectivity index (χ2n) is 6.51. The van der Waals surface area contributed by atoms with Crippen molar-refractivity contribution in [3.05, 3.63) is 18.2 Å². The van der Waals surface area contributed by atoms with Crippen molar-refractivity contribution >= 4 is 0 Å². The van der Waals surface area contributed by atoms with Crippen molar-refractivity contribution in [2.75, 3.05) is 20.8 Å². The molecule has 0 aromatic carbocycles. The zero-order chi connectivity index (χ0) is 15.9. The number of methoxy groups -OCH3 is 2. The smallest absolute Gasteiger partial charge is 0.156 e. The van der Waals surface area contributed by atoms with Crippen LogP contribution in [0, 0.1) is 11.8 Å². The molecule has 0 aliphatic heterocycles. The van der Waals surface area contributed by atoms with Gasteiger partial charge in [-0.1, -0.05) is 13.8 Å². The normalized spacial score (nSPS) is 23.6. The number of ether oxygens (including phenoxy) is 3. The molecule has 1 heterocycles. The van der Waals surface area contributed by atoms with E-state index in [-0.39, 0.29) is 6.10 Å². The highest BCUT2D eigenvalue weighted by molar-refractivity contribution is 5.13. The van der Waals surface area contributed by atoms with Crippen molar-refractivity contribution < 1.29 is 14.2 Å². The lowest BCUT2D eigenvalue weighted by Crippen LogP contribution is -2.38. The SMILES string of the molecule is COCC(C)CC(C)Cc1ncc(OC2CC(OC)C2)cn1. The van der Waals surface area contributed by atoms with Crippen molar-refractivity contribution in [3.8, 4) is 5.75 Å². The Hall–Kier alpha value is -1.20. The molecule has 1 aliphatic rings. The van der Waals surface area contributed by atoms with Crippen LogP contribution in [-0.2, 0) is 15.9 Å². The topological polar surface area (TPSA) is 53.5 Å². The Morgan fingerprint density at radius 2 is 1.77 bits per heavy atom. The van der Waals surface area contributed by atoms with Crippen LogP contribution in [0.25, 0.3) is 0 Å². The molecular weight excluding hydrogens is 280 g/mol. The molecule has 0 spiro atoms. The molecule has 124 valence electrons. The van der Waals surface area contributed by atoms with Gasteiger partial charge in [0.2, 0.25) is 0 Å². The van der Waals surface area contributed by atoms with Gasteiger partial charge in [0.1, 0.15) is 11.9 Å². The van der Waals surface area contributed by atoms with Gasteiger partial charge in [0, 0.05) is 40.1 Å². The molecule has 1 fully saturated rings. The first-order valence-electron chi connectivity index (χ1n) is 8.10. The second-order valence-corrected chi connectivity index (χ2v) is 6.51. The summed E-state index contributed by atoms with van der Waals surface area (Å²) in [4.78, 5) is 8.85. The van der Waals surface area contributed by atoms with Crippen molar-refractivity contribution in [1.82, 2.24) is 9.97 Å². The van der Waals surface area contributed by atoms with Crippen LogP contribution in [0.15, 0.2) is 12.4 Å². The van der Waals surface area contributed by atoms with Gasteiger partial charge >= 0.3 is 0 Å². The molecule has 1 saturated carbocycles. The van der Waals surface area contributed by atoms with Crippen LogP contribution in [0.1, 0.15) is 38.9 Å². The van der Waals surface area contributed by atoms with Gasteiger partial charge in [-0.05, 0) is 18.3 Å². The summed E-state index contributed by atoms with van der Waals surface area (Å²) in [5.74, 6) is 2.75. The number of hydrogen-bond acceptors (Lipinski definition) is 5. The Bertz CT molecular complexity index is 432. The summed E-state index contributed by atoms with van der Waals surface area (Å²) in [6.45, 7) is 5.25. The molecular formula is C17H28N2O3. The van der Waals surface area contributed by atoms with Gasteiger partial charge in [-0.25, -0.2) is 9.97 Å². The maximum Gasteiger partial charge on any atom is 0.156 e. The monoisotopic (exact) mass is 308 g/mol. The van der Waals surface area contributed by atoms with E-state index in [1.54, 1.807) is 26.6 Å². The lowest BCUT2D eigenvalue weighted by molar-refractivity contribution is -0.0383. The molecule has 2 rings (SSSR count). The minimum absolute atomic E-state index is 0.244. The summed E-state index contributed by atoms with van der Waals surface area (Å²) < 4.78 is 16.2. The Morgan fingerprint density at radius 3 is 2.36 bits per heavy atom. The van der Waals surface area contributed by atoms with Crippen LogP contribution in [0.4, 0.5) is 0 Å². The average molecular weight is 308 g/mol. The lowest BCUT2D eigenvalue weighted by Gasteiger charge is -2.33. The molecule has 22 heavy (non-hydrogen) atoms. The van der Waals surface area contributed by atoms with Gasteiger partial charge in [-0.3, -0.25) is 0 Å². The fourth-order valence-electron chi connectivity index (χ4n) is 2.94. The van der Waals surface area contributed by atoms with E-state index >= 15 is 0 Å². The predicted octanol–water partition coefficient (Wildman–Crippen LogP) is 2.88. The zero-order valence-corrected chi connectivity index (χ0v) is 14.1. The van der Waals surface area contributed by atoms with E-state index < -0.39 is 0 Å². The van der Waals surface area contributed by atoms with E-state index in [4.69, 9.17) is 14.2 Å². The standard InChI is InChI=1S/C17H28N2O3/c1-12(5-13(2)11-20-3)6-17-18-9-16(10-19-17)22-15-7-14(8-15)21-4/h9-10,12-15H,5-8,11H2,1-4H3. The molecule has 0 saturated heterocycles. The van der Waals surface area contributed by atoms with Crippen LogP contribution in [0.3, 0.4) is 0 Å². The largest absolute Gasteiger partial charge is 0.487 e. The summed E-state index contributed by atoms with van der Waals surface area (Å²) in [6.07, 6.45) is 8.08. The Morgan fingerprint density at radius 1 is 1.09 bits per heavy atom. The number of nitrogens with zero attached hydrogens (tertiary/aromatic N) is 2. The third-order valence-corrected chi connectivity index (χ3v) is 4.16. The Labute approximate surface area is 133 Å². The fraction of sp³-hybridized carbons (Fsp3) is 0.765. The molecule has 0 amide bonds. The fourth-order valence-corrected chi connectivity index (χ4v) is 2.94. The second kappa shape index (κ2) is 8.44. The first kappa shape index (κ1) is 17.2. The van der Waals surface area contributed by atoms with E-state index in [2.05, 4.69) is 23.8 Å². The van der Waals surface area contributed by atoms with Gasteiger partial charge < -0.3 is 14.2 Å². The maximum absolute atomic E-state index is 5.82. The van der Waals surface area contributed by atoms with E-state index in [0.29, 0.717) is 17.9 Å². The van der Waals surface area contributed by atoms with E-state index in [0.717, 1.165) is 43.9 Å². The molecule has 0 bridgehead atoms. The first-order valence-corrected chi connectivity index (χ1v) is 8.10. The summed E-state index contributed by atoms with van der Waals surface area (Å²) >= 11 is 0. The molecule has 1 aromatic rings. The Kier molecular flexibility index (Phi) is 6.58. The highest BCUT2D eigenvalue weighted by Crippen LogP contribution is 2.27. The van der Waals surface area contributed by atoms with Gasteiger partial charge in [-0.2, -0.15) is 0 Å². The van der Waals surface area contributed by atoms with Crippen LogP contribution >= 0.6 is 0 Å². The summed E-state index contributed by atoms with van der Waals surface area (Å²) in [6, 6.07) is 0. The van der Waals surface area contributed by atoms with E-state index in [1.165, 1.54) is 0 Å². The van der Waals surface area contributed by atoms with Crippen LogP contribution < -0.4 is 4.74 Å². The summed E-state index contributed by atoms with van der Waals surface area (Å²) in [7, 11) is 3.49. The first-order chi connectivity index (χ1) is 10.6. The zero-order valence-electron chi connectivity index (χ0n) is 14.1. The molecule has 1 aliphatic carbocycles. The van der Waals surface area contributed by atoms with Gasteiger partial charge in [0.15, 0.2) is 5.75 Å². The van der Waals surface area contributed by atoms with Crippen molar-refractivity contribution in [3.63, 3.8) is 0 Å². The maximum atomic E-state index is 5.82. The molecule has 2 unspecified atom stereocenters. The van der Waals surface area contributed by atoms with Crippen LogP contribution in [-0.4, -0.2) is 43.0 Å². The quantitative estimate of drug-likeness (QED) is 0.702. The van der Waals surface area contributed by atoms with Crippen molar-refractivity contribution in [2.45, 2.75) is 51.7 Å². The minimum Gasteiger partial charge on any atom is -0.487 e. The molecule has 0 radical (unpaired) electrons. The van der Waals surface area contributed by atoms with Crippen molar-refractivity contribution in [1.29, 1.82) is 0 Å². The molecule has 0 N–H and O–H groups in total. The predicted molar refractivity (Wildman–Crippen MR) is 85.0 cm³/mol. The van der Waals surface area contributed by atoms with Crippen molar-refractivity contribution in [2.24, 2.45) is 11.8 Å². The molecule has 2 atom stereocenters. The number of aromatic nitrogens is 2. The highest BCUT2D eigenvalue weighted by Gasteiger charge is 2.30. The summed E-state index contributed by atoms with van der Waals surface area (Å²) in [5.41, 5.74) is 0. The van der Waals surface area contributed by atoms with Crippen LogP contribution in [0.2, 0.25) is 0 Å². The Balaban J connectivity index is 1.74. The van der Waals surface area contributed by atoms with Gasteiger partial charge in [0.25, 0.3) is 0 Å².